The van der Waals surface area contributed by atoms with Crippen LogP contribution in [0.2, 0.25) is 0 Å². The first-order valence-electron chi connectivity index (χ1n) is 6.42. The zero-order valence-corrected chi connectivity index (χ0v) is 11.2. The van der Waals surface area contributed by atoms with Crippen molar-refractivity contribution in [1.29, 1.82) is 0 Å². The van der Waals surface area contributed by atoms with Gasteiger partial charge in [0.05, 0.1) is 5.39 Å². The van der Waals surface area contributed by atoms with Gasteiger partial charge in [0, 0.05) is 31.1 Å². The molecule has 0 aliphatic rings. The molecule has 2 heteroatoms. The minimum atomic E-state index is 1.21. The van der Waals surface area contributed by atoms with E-state index in [1.54, 1.807) is 0 Å². The SMILES string of the molecule is Cn1cccc1/C=C/c1cc[n+](C)c2ccccc12. The maximum Gasteiger partial charge on any atom is 0.212 e. The average Bonchev–Trinajstić information content (AvgIpc) is 2.84. The number of rotatable bonds is 2. The third-order valence-electron chi connectivity index (χ3n) is 3.49. The van der Waals surface area contributed by atoms with Gasteiger partial charge in [-0.05, 0) is 29.8 Å². The predicted molar refractivity (Wildman–Crippen MR) is 79.5 cm³/mol. The van der Waals surface area contributed by atoms with E-state index in [9.17, 15) is 0 Å². The molecule has 2 heterocycles. The summed E-state index contributed by atoms with van der Waals surface area (Å²) in [4.78, 5) is 0. The van der Waals surface area contributed by atoms with Gasteiger partial charge in [0.1, 0.15) is 7.05 Å². The summed E-state index contributed by atoms with van der Waals surface area (Å²) >= 11 is 0. The topological polar surface area (TPSA) is 8.81 Å². The highest BCUT2D eigenvalue weighted by atomic mass is 14.9. The van der Waals surface area contributed by atoms with Gasteiger partial charge in [-0.15, -0.1) is 0 Å². The van der Waals surface area contributed by atoms with Crippen LogP contribution in [0, 0.1) is 0 Å². The number of aromatic nitrogens is 2. The molecule has 0 aliphatic heterocycles. The number of aryl methyl sites for hydroxylation is 2. The van der Waals surface area contributed by atoms with Crippen LogP contribution in [-0.4, -0.2) is 4.57 Å². The standard InChI is InChI=1S/C17H17N2/c1-18-12-5-6-15(18)10-9-14-11-13-19(2)17-8-4-3-7-16(14)17/h3-13H,1-2H3/q+1. The van der Waals surface area contributed by atoms with Crippen molar-refractivity contribution in [3.05, 3.63) is 66.1 Å². The Hall–Kier alpha value is -2.35. The average molecular weight is 249 g/mol. The van der Waals surface area contributed by atoms with Crippen LogP contribution in [0.4, 0.5) is 0 Å². The highest BCUT2D eigenvalue weighted by Crippen LogP contribution is 2.17. The molecule has 19 heavy (non-hydrogen) atoms. The normalized spacial score (nSPS) is 11.5. The van der Waals surface area contributed by atoms with E-state index >= 15 is 0 Å². The molecular formula is C17H17N2+. The first-order chi connectivity index (χ1) is 9.25. The summed E-state index contributed by atoms with van der Waals surface area (Å²) < 4.78 is 4.26. The molecule has 0 bridgehead atoms. The zero-order valence-electron chi connectivity index (χ0n) is 11.2. The second kappa shape index (κ2) is 4.73. The molecule has 3 aromatic rings. The van der Waals surface area contributed by atoms with Crippen molar-refractivity contribution in [2.75, 3.05) is 0 Å². The molecule has 0 saturated carbocycles. The smallest absolute Gasteiger partial charge is 0.212 e. The molecule has 0 fully saturated rings. The van der Waals surface area contributed by atoms with Crippen LogP contribution in [0.25, 0.3) is 23.1 Å². The highest BCUT2D eigenvalue weighted by Gasteiger charge is 2.06. The Bertz CT molecular complexity index is 751. The molecule has 0 spiro atoms. The number of benzene rings is 1. The third kappa shape index (κ3) is 2.17. The molecule has 2 aromatic heterocycles. The number of fused-ring (bicyclic) bond motifs is 1. The van der Waals surface area contributed by atoms with E-state index in [0.29, 0.717) is 0 Å². The van der Waals surface area contributed by atoms with Gasteiger partial charge in [-0.1, -0.05) is 18.2 Å². The van der Waals surface area contributed by atoms with E-state index in [4.69, 9.17) is 0 Å². The fraction of sp³-hybridized carbons (Fsp3) is 0.118. The van der Waals surface area contributed by atoms with Gasteiger partial charge in [-0.3, -0.25) is 0 Å². The van der Waals surface area contributed by atoms with Crippen LogP contribution >= 0.6 is 0 Å². The molecular weight excluding hydrogens is 232 g/mol. The van der Waals surface area contributed by atoms with Crippen molar-refractivity contribution in [3.8, 4) is 0 Å². The molecule has 1 aromatic carbocycles. The van der Waals surface area contributed by atoms with E-state index in [1.165, 1.54) is 22.2 Å². The zero-order chi connectivity index (χ0) is 13.2. The lowest BCUT2D eigenvalue weighted by Crippen LogP contribution is -2.28. The van der Waals surface area contributed by atoms with Crippen LogP contribution in [-0.2, 0) is 14.1 Å². The van der Waals surface area contributed by atoms with Crippen LogP contribution in [0.1, 0.15) is 11.3 Å². The highest BCUT2D eigenvalue weighted by molar-refractivity contribution is 5.88. The molecule has 94 valence electrons. The lowest BCUT2D eigenvalue weighted by molar-refractivity contribution is -0.644. The van der Waals surface area contributed by atoms with E-state index < -0.39 is 0 Å². The molecule has 0 saturated heterocycles. The van der Waals surface area contributed by atoms with Gasteiger partial charge in [-0.2, -0.15) is 0 Å². The molecule has 0 amide bonds. The summed E-state index contributed by atoms with van der Waals surface area (Å²) in [6, 6.07) is 14.8. The van der Waals surface area contributed by atoms with Crippen LogP contribution in [0.3, 0.4) is 0 Å². The maximum absolute atomic E-state index is 2.18. The summed E-state index contributed by atoms with van der Waals surface area (Å²) in [7, 11) is 4.13. The summed E-state index contributed by atoms with van der Waals surface area (Å²) in [6.45, 7) is 0. The van der Waals surface area contributed by atoms with E-state index in [1.807, 2.05) is 0 Å². The monoisotopic (exact) mass is 249 g/mol. The van der Waals surface area contributed by atoms with Gasteiger partial charge in [-0.25, -0.2) is 4.57 Å². The largest absolute Gasteiger partial charge is 0.351 e. The summed E-state index contributed by atoms with van der Waals surface area (Å²) in [5.74, 6) is 0. The fourth-order valence-electron chi connectivity index (χ4n) is 2.36. The van der Waals surface area contributed by atoms with Crippen molar-refractivity contribution in [2.45, 2.75) is 0 Å². The van der Waals surface area contributed by atoms with Crippen molar-refractivity contribution in [3.63, 3.8) is 0 Å². The molecule has 0 N–H and O–H groups in total. The second-order valence-electron chi connectivity index (χ2n) is 4.78. The molecule has 0 radical (unpaired) electrons. The lowest BCUT2D eigenvalue weighted by atomic mass is 10.1. The Balaban J connectivity index is 2.09. The van der Waals surface area contributed by atoms with Crippen molar-refractivity contribution < 1.29 is 4.57 Å². The molecule has 2 nitrogen and oxygen atoms in total. The number of para-hydroxylation sites is 1. The van der Waals surface area contributed by atoms with Crippen LogP contribution in [0.15, 0.2) is 54.9 Å². The molecule has 3 rings (SSSR count). The minimum Gasteiger partial charge on any atom is -0.351 e. The Morgan fingerprint density at radius 3 is 2.63 bits per heavy atom. The van der Waals surface area contributed by atoms with Gasteiger partial charge in [0.2, 0.25) is 5.52 Å². The summed E-state index contributed by atoms with van der Waals surface area (Å²) in [6.07, 6.45) is 8.50. The fourth-order valence-corrected chi connectivity index (χ4v) is 2.36. The van der Waals surface area contributed by atoms with Crippen LogP contribution < -0.4 is 4.57 Å². The number of nitrogens with zero attached hydrogens (tertiary/aromatic N) is 2. The van der Waals surface area contributed by atoms with E-state index in [0.717, 1.165) is 0 Å². The molecule has 0 atom stereocenters. The lowest BCUT2D eigenvalue weighted by Gasteiger charge is -2.01. The van der Waals surface area contributed by atoms with Gasteiger partial charge in [0.15, 0.2) is 6.20 Å². The summed E-state index contributed by atoms with van der Waals surface area (Å²) in [5, 5.41) is 1.28. The number of pyridine rings is 1. The van der Waals surface area contributed by atoms with E-state index in [-0.39, 0.29) is 0 Å². The van der Waals surface area contributed by atoms with Crippen LogP contribution in [0.5, 0.6) is 0 Å². The van der Waals surface area contributed by atoms with E-state index in [2.05, 4.69) is 90.2 Å². The molecule has 0 unspecified atom stereocenters. The van der Waals surface area contributed by atoms with Crippen molar-refractivity contribution >= 4 is 23.1 Å². The Kier molecular flexibility index (Phi) is 2.92. The number of hydrogen-bond acceptors (Lipinski definition) is 0. The first-order valence-corrected chi connectivity index (χ1v) is 6.42. The minimum absolute atomic E-state index is 1.21. The third-order valence-corrected chi connectivity index (χ3v) is 3.49. The van der Waals surface area contributed by atoms with Gasteiger partial charge >= 0.3 is 0 Å². The summed E-state index contributed by atoms with van der Waals surface area (Å²) in [5.41, 5.74) is 3.70. The Morgan fingerprint density at radius 1 is 1.00 bits per heavy atom. The Labute approximate surface area is 113 Å². The predicted octanol–water partition coefficient (Wildman–Crippen LogP) is 3.17. The second-order valence-corrected chi connectivity index (χ2v) is 4.78. The molecule has 0 aliphatic carbocycles. The maximum atomic E-state index is 2.18. The quantitative estimate of drug-likeness (QED) is 0.617. The van der Waals surface area contributed by atoms with Crippen molar-refractivity contribution in [1.82, 2.24) is 4.57 Å². The number of hydrogen-bond donors (Lipinski definition) is 0. The first kappa shape index (κ1) is 11.7. The van der Waals surface area contributed by atoms with Gasteiger partial charge < -0.3 is 4.57 Å². The van der Waals surface area contributed by atoms with Gasteiger partial charge in [0.25, 0.3) is 0 Å². The van der Waals surface area contributed by atoms with Crippen molar-refractivity contribution in [2.24, 2.45) is 14.1 Å². The Morgan fingerprint density at radius 2 is 1.84 bits per heavy atom.